The average molecular weight is 306 g/mol. The highest BCUT2D eigenvalue weighted by Gasteiger charge is 2.16. The number of aromatic nitrogens is 1. The number of nitrogens with one attached hydrogen (secondary N) is 1. The summed E-state index contributed by atoms with van der Waals surface area (Å²) < 4.78 is 5.16. The monoisotopic (exact) mass is 306 g/mol. The molecule has 114 valence electrons. The van der Waals surface area contributed by atoms with Crippen molar-refractivity contribution in [3.8, 4) is 11.5 Å². The van der Waals surface area contributed by atoms with Crippen molar-refractivity contribution in [2.75, 3.05) is 7.11 Å². The van der Waals surface area contributed by atoms with E-state index >= 15 is 0 Å². The van der Waals surface area contributed by atoms with Gasteiger partial charge in [-0.2, -0.15) is 0 Å². The fraction of sp³-hybridized carbons (Fsp3) is 0.438. The van der Waals surface area contributed by atoms with Crippen LogP contribution in [0.2, 0.25) is 0 Å². The van der Waals surface area contributed by atoms with Gasteiger partial charge in [0.25, 0.3) is 0 Å². The van der Waals surface area contributed by atoms with E-state index in [1.807, 2.05) is 26.0 Å². The second kappa shape index (κ2) is 6.45. The first-order valence-electron chi connectivity index (χ1n) is 6.99. The van der Waals surface area contributed by atoms with Crippen LogP contribution >= 0.6 is 11.3 Å². The van der Waals surface area contributed by atoms with E-state index in [4.69, 9.17) is 4.74 Å². The van der Waals surface area contributed by atoms with Gasteiger partial charge in [-0.3, -0.25) is 0 Å². The van der Waals surface area contributed by atoms with Crippen LogP contribution in [0.15, 0.2) is 18.2 Å². The molecule has 2 rings (SSSR count). The second-order valence-corrected chi connectivity index (χ2v) is 6.46. The summed E-state index contributed by atoms with van der Waals surface area (Å²) in [5.41, 5.74) is 2.17. The Morgan fingerprint density at radius 1 is 1.24 bits per heavy atom. The van der Waals surface area contributed by atoms with Crippen molar-refractivity contribution in [1.82, 2.24) is 10.3 Å². The van der Waals surface area contributed by atoms with Gasteiger partial charge in [-0.05, 0) is 45.4 Å². The van der Waals surface area contributed by atoms with Crippen LogP contribution < -0.4 is 10.1 Å². The van der Waals surface area contributed by atoms with E-state index in [0.717, 1.165) is 16.3 Å². The molecule has 1 aromatic carbocycles. The second-order valence-electron chi connectivity index (χ2n) is 5.22. The topological polar surface area (TPSA) is 54.4 Å². The van der Waals surface area contributed by atoms with Gasteiger partial charge in [0.2, 0.25) is 0 Å². The Hall–Kier alpha value is -1.59. The predicted octanol–water partition coefficient (Wildman–Crippen LogP) is 3.89. The quantitative estimate of drug-likeness (QED) is 0.880. The molecule has 0 spiro atoms. The molecule has 1 heterocycles. The Balaban J connectivity index is 2.14. The van der Waals surface area contributed by atoms with Crippen LogP contribution in [0.1, 0.15) is 47.1 Å². The third kappa shape index (κ3) is 3.54. The smallest absolute Gasteiger partial charge is 0.160 e. The molecule has 0 aliphatic heterocycles. The first kappa shape index (κ1) is 15.8. The molecule has 1 aromatic heterocycles. The molecule has 0 bridgehead atoms. The van der Waals surface area contributed by atoms with Crippen molar-refractivity contribution >= 4 is 11.3 Å². The van der Waals surface area contributed by atoms with Gasteiger partial charge < -0.3 is 15.2 Å². The summed E-state index contributed by atoms with van der Waals surface area (Å²) in [6, 6.07) is 5.82. The lowest BCUT2D eigenvalue weighted by atomic mass is 10.1. The molecule has 0 aliphatic rings. The Bertz CT molecular complexity index is 625. The van der Waals surface area contributed by atoms with E-state index in [0.29, 0.717) is 5.75 Å². The molecule has 2 unspecified atom stereocenters. The van der Waals surface area contributed by atoms with E-state index < -0.39 is 0 Å². The van der Waals surface area contributed by atoms with E-state index in [1.54, 1.807) is 24.5 Å². The standard InChI is InChI=1S/C16H22N2O2S/c1-9(13-6-7-14(19)15(8-13)20-5)17-10(2)16-11(3)18-12(4)21-16/h6-10,17,19H,1-5H3. The molecular formula is C16H22N2O2S. The Morgan fingerprint density at radius 3 is 2.52 bits per heavy atom. The Kier molecular flexibility index (Phi) is 4.85. The summed E-state index contributed by atoms with van der Waals surface area (Å²) in [4.78, 5) is 5.75. The maximum Gasteiger partial charge on any atom is 0.160 e. The van der Waals surface area contributed by atoms with Crippen molar-refractivity contribution in [2.24, 2.45) is 0 Å². The number of ether oxygens (including phenoxy) is 1. The summed E-state index contributed by atoms with van der Waals surface area (Å²) in [6.07, 6.45) is 0. The van der Waals surface area contributed by atoms with Gasteiger partial charge in [0, 0.05) is 17.0 Å². The lowest BCUT2D eigenvalue weighted by molar-refractivity contribution is 0.372. The summed E-state index contributed by atoms with van der Waals surface area (Å²) >= 11 is 1.73. The molecule has 0 radical (unpaired) electrons. The van der Waals surface area contributed by atoms with Crippen LogP contribution in [-0.2, 0) is 0 Å². The van der Waals surface area contributed by atoms with Gasteiger partial charge in [-0.1, -0.05) is 6.07 Å². The summed E-state index contributed by atoms with van der Waals surface area (Å²) in [6.45, 7) is 8.33. The first-order chi connectivity index (χ1) is 9.92. The number of benzene rings is 1. The van der Waals surface area contributed by atoms with Gasteiger partial charge >= 0.3 is 0 Å². The number of phenolic OH excluding ortho intramolecular Hbond substituents is 1. The normalized spacial score (nSPS) is 14.0. The largest absolute Gasteiger partial charge is 0.504 e. The fourth-order valence-electron chi connectivity index (χ4n) is 2.46. The molecule has 2 N–H and O–H groups in total. The van der Waals surface area contributed by atoms with Gasteiger partial charge in [-0.25, -0.2) is 4.98 Å². The van der Waals surface area contributed by atoms with Crippen molar-refractivity contribution in [1.29, 1.82) is 0 Å². The molecule has 2 aromatic rings. The molecule has 0 saturated heterocycles. The average Bonchev–Trinajstić information content (AvgIpc) is 2.78. The minimum Gasteiger partial charge on any atom is -0.504 e. The highest BCUT2D eigenvalue weighted by molar-refractivity contribution is 7.11. The lowest BCUT2D eigenvalue weighted by Crippen LogP contribution is -2.22. The molecule has 4 nitrogen and oxygen atoms in total. The maximum absolute atomic E-state index is 9.66. The van der Waals surface area contributed by atoms with Crippen LogP contribution in [0.3, 0.4) is 0 Å². The van der Waals surface area contributed by atoms with Crippen molar-refractivity contribution in [3.63, 3.8) is 0 Å². The van der Waals surface area contributed by atoms with Crippen molar-refractivity contribution < 1.29 is 9.84 Å². The summed E-state index contributed by atoms with van der Waals surface area (Å²) in [5, 5.41) is 14.3. The van der Waals surface area contributed by atoms with E-state index in [9.17, 15) is 5.11 Å². The Labute approximate surface area is 129 Å². The zero-order chi connectivity index (χ0) is 15.6. The molecule has 2 atom stereocenters. The molecule has 0 fully saturated rings. The Morgan fingerprint density at radius 2 is 1.95 bits per heavy atom. The van der Waals surface area contributed by atoms with Gasteiger partial charge in [0.05, 0.1) is 17.8 Å². The van der Waals surface area contributed by atoms with E-state index in [1.165, 1.54) is 4.88 Å². The molecular weight excluding hydrogens is 284 g/mol. The number of phenols is 1. The van der Waals surface area contributed by atoms with Gasteiger partial charge in [0.1, 0.15) is 0 Å². The summed E-state index contributed by atoms with van der Waals surface area (Å²) in [5.74, 6) is 0.661. The number of hydrogen-bond acceptors (Lipinski definition) is 5. The molecule has 0 aliphatic carbocycles. The van der Waals surface area contributed by atoms with Gasteiger partial charge in [-0.15, -0.1) is 11.3 Å². The van der Waals surface area contributed by atoms with Crippen molar-refractivity contribution in [3.05, 3.63) is 39.3 Å². The minimum absolute atomic E-state index is 0.149. The van der Waals surface area contributed by atoms with Crippen LogP contribution in [-0.4, -0.2) is 17.2 Å². The molecule has 0 saturated carbocycles. The zero-order valence-electron chi connectivity index (χ0n) is 13.1. The number of methoxy groups -OCH3 is 1. The van der Waals surface area contributed by atoms with Crippen molar-refractivity contribution in [2.45, 2.75) is 39.8 Å². The minimum atomic E-state index is 0.149. The fourth-order valence-corrected chi connectivity index (χ4v) is 3.40. The molecule has 0 amide bonds. The third-order valence-corrected chi connectivity index (χ3v) is 4.79. The number of thiazole rings is 1. The highest BCUT2D eigenvalue weighted by atomic mass is 32.1. The molecule has 5 heteroatoms. The first-order valence-corrected chi connectivity index (χ1v) is 7.81. The summed E-state index contributed by atoms with van der Waals surface area (Å²) in [7, 11) is 1.56. The van der Waals surface area contributed by atoms with Crippen LogP contribution in [0.5, 0.6) is 11.5 Å². The lowest BCUT2D eigenvalue weighted by Gasteiger charge is -2.20. The zero-order valence-corrected chi connectivity index (χ0v) is 13.9. The number of aryl methyl sites for hydroxylation is 2. The SMILES string of the molecule is COc1cc(C(C)NC(C)c2sc(C)nc2C)ccc1O. The number of rotatable bonds is 5. The predicted molar refractivity (Wildman–Crippen MR) is 86.2 cm³/mol. The van der Waals surface area contributed by atoms with E-state index in [2.05, 4.69) is 24.1 Å². The number of hydrogen-bond donors (Lipinski definition) is 2. The van der Waals surface area contributed by atoms with Gasteiger partial charge in [0.15, 0.2) is 11.5 Å². The third-order valence-electron chi connectivity index (χ3n) is 3.54. The maximum atomic E-state index is 9.66. The number of aromatic hydroxyl groups is 1. The highest BCUT2D eigenvalue weighted by Crippen LogP contribution is 2.31. The van der Waals surface area contributed by atoms with Crippen LogP contribution in [0.4, 0.5) is 0 Å². The van der Waals surface area contributed by atoms with E-state index in [-0.39, 0.29) is 17.8 Å². The molecule has 21 heavy (non-hydrogen) atoms. The van der Waals surface area contributed by atoms with Crippen LogP contribution in [0.25, 0.3) is 0 Å². The number of nitrogens with zero attached hydrogens (tertiary/aromatic N) is 1. The van der Waals surface area contributed by atoms with Crippen LogP contribution in [0, 0.1) is 13.8 Å².